The summed E-state index contributed by atoms with van der Waals surface area (Å²) in [4.78, 5) is 33.5. The molecule has 0 aromatic carbocycles. The van der Waals surface area contributed by atoms with Crippen LogP contribution in [0.4, 0.5) is 0 Å². The standard InChI is InChI=1S/C16H21N5O2S/c1-4-18-14(22)12(8-17)16-21(5-2)15(23)13(24-16)7-6-11-9-19-10(3)20-11/h9,13H,4-7H2,1-3H3,(H,18,22)(H,19,20)/b16-12-. The zero-order valence-electron chi connectivity index (χ0n) is 14.0. The van der Waals surface area contributed by atoms with Crippen LogP contribution in [-0.2, 0) is 16.0 Å². The fourth-order valence-electron chi connectivity index (χ4n) is 2.53. The van der Waals surface area contributed by atoms with Gasteiger partial charge in [0.25, 0.3) is 5.91 Å². The molecule has 1 fully saturated rings. The number of carbonyl (C=O) groups is 2. The molecule has 0 bridgehead atoms. The van der Waals surface area contributed by atoms with Gasteiger partial charge in [0.1, 0.15) is 22.5 Å². The van der Waals surface area contributed by atoms with Crippen LogP contribution in [0.2, 0.25) is 0 Å². The third kappa shape index (κ3) is 3.79. The molecule has 1 aliphatic rings. The normalized spacial score (nSPS) is 19.3. The molecule has 2 N–H and O–H groups in total. The predicted octanol–water partition coefficient (Wildman–Crippen LogP) is 1.49. The van der Waals surface area contributed by atoms with Crippen LogP contribution < -0.4 is 5.32 Å². The SMILES string of the molecule is CCNC(=O)/C(C#N)=C1\SC(CCc2cnc(C)[nH]2)C(=O)N1CC. The van der Waals surface area contributed by atoms with Gasteiger partial charge in [0.2, 0.25) is 5.91 Å². The lowest BCUT2D eigenvalue weighted by Gasteiger charge is -2.15. The molecule has 1 unspecified atom stereocenters. The number of rotatable bonds is 6. The lowest BCUT2D eigenvalue weighted by Crippen LogP contribution is -2.31. The highest BCUT2D eigenvalue weighted by molar-refractivity contribution is 8.04. The van der Waals surface area contributed by atoms with Crippen LogP contribution in [0.25, 0.3) is 0 Å². The zero-order valence-corrected chi connectivity index (χ0v) is 14.9. The summed E-state index contributed by atoms with van der Waals surface area (Å²) in [6.07, 6.45) is 3.08. The number of aromatic nitrogens is 2. The monoisotopic (exact) mass is 347 g/mol. The van der Waals surface area contributed by atoms with Crippen LogP contribution in [0, 0.1) is 18.3 Å². The minimum Gasteiger partial charge on any atom is -0.352 e. The van der Waals surface area contributed by atoms with Crippen LogP contribution in [0.5, 0.6) is 0 Å². The Balaban J connectivity index is 2.18. The molecule has 1 aromatic rings. The first-order chi connectivity index (χ1) is 11.5. The van der Waals surface area contributed by atoms with E-state index in [-0.39, 0.29) is 16.7 Å². The molecule has 1 saturated heterocycles. The van der Waals surface area contributed by atoms with Crippen molar-refractivity contribution in [3.05, 3.63) is 28.3 Å². The third-order valence-electron chi connectivity index (χ3n) is 3.68. The fourth-order valence-corrected chi connectivity index (χ4v) is 3.86. The predicted molar refractivity (Wildman–Crippen MR) is 91.7 cm³/mol. The second-order valence-electron chi connectivity index (χ2n) is 5.37. The maximum Gasteiger partial charge on any atom is 0.264 e. The van der Waals surface area contributed by atoms with E-state index in [0.717, 1.165) is 11.5 Å². The molecule has 0 radical (unpaired) electrons. The Morgan fingerprint density at radius 2 is 2.29 bits per heavy atom. The van der Waals surface area contributed by atoms with Gasteiger partial charge in [0.05, 0.1) is 5.25 Å². The smallest absolute Gasteiger partial charge is 0.264 e. The van der Waals surface area contributed by atoms with Gasteiger partial charge in [-0.05, 0) is 33.6 Å². The molecule has 1 aliphatic heterocycles. The molecule has 1 atom stereocenters. The number of likely N-dealkylation sites (N-methyl/N-ethyl adjacent to an activating group) is 1. The van der Waals surface area contributed by atoms with E-state index >= 15 is 0 Å². The Hall–Kier alpha value is -2.27. The van der Waals surface area contributed by atoms with Crippen LogP contribution in [0.1, 0.15) is 31.8 Å². The number of thioether (sulfide) groups is 1. The highest BCUT2D eigenvalue weighted by Gasteiger charge is 2.38. The number of aromatic amines is 1. The number of nitrogens with zero attached hydrogens (tertiary/aromatic N) is 3. The van der Waals surface area contributed by atoms with Crippen LogP contribution in [0.15, 0.2) is 16.8 Å². The molecule has 1 aromatic heterocycles. The molecule has 0 aliphatic carbocycles. The lowest BCUT2D eigenvalue weighted by atomic mass is 10.2. The number of carbonyl (C=O) groups excluding carboxylic acids is 2. The number of H-pyrrole nitrogens is 1. The van der Waals surface area contributed by atoms with Crippen molar-refractivity contribution in [1.82, 2.24) is 20.2 Å². The van der Waals surface area contributed by atoms with E-state index in [1.165, 1.54) is 16.7 Å². The van der Waals surface area contributed by atoms with Gasteiger partial charge >= 0.3 is 0 Å². The van der Waals surface area contributed by atoms with Crippen LogP contribution in [0.3, 0.4) is 0 Å². The summed E-state index contributed by atoms with van der Waals surface area (Å²) in [5.74, 6) is 0.360. The molecule has 8 heteroatoms. The van der Waals surface area contributed by atoms with Crippen molar-refractivity contribution in [1.29, 1.82) is 5.26 Å². The van der Waals surface area contributed by atoms with Crippen molar-refractivity contribution in [2.24, 2.45) is 0 Å². The Morgan fingerprint density at radius 3 is 2.83 bits per heavy atom. The van der Waals surface area contributed by atoms with Crippen molar-refractivity contribution in [2.75, 3.05) is 13.1 Å². The first-order valence-electron chi connectivity index (χ1n) is 7.92. The topological polar surface area (TPSA) is 102 Å². The lowest BCUT2D eigenvalue weighted by molar-refractivity contribution is -0.127. The van der Waals surface area contributed by atoms with E-state index in [0.29, 0.717) is 31.0 Å². The number of amides is 2. The first-order valence-corrected chi connectivity index (χ1v) is 8.80. The Labute approximate surface area is 145 Å². The van der Waals surface area contributed by atoms with E-state index in [1.54, 1.807) is 13.1 Å². The van der Waals surface area contributed by atoms with E-state index in [1.807, 2.05) is 19.9 Å². The summed E-state index contributed by atoms with van der Waals surface area (Å²) < 4.78 is 0. The van der Waals surface area contributed by atoms with Crippen LogP contribution in [-0.4, -0.2) is 45.0 Å². The minimum absolute atomic E-state index is 0.0111. The summed E-state index contributed by atoms with van der Waals surface area (Å²) in [5.41, 5.74) is 0.988. The van der Waals surface area contributed by atoms with Gasteiger partial charge in [-0.3, -0.25) is 9.59 Å². The number of hydrogen-bond acceptors (Lipinski definition) is 5. The van der Waals surface area contributed by atoms with Crippen molar-refractivity contribution >= 4 is 23.6 Å². The van der Waals surface area contributed by atoms with E-state index in [9.17, 15) is 14.9 Å². The zero-order chi connectivity index (χ0) is 17.7. The number of nitrogens with one attached hydrogen (secondary N) is 2. The molecule has 24 heavy (non-hydrogen) atoms. The summed E-state index contributed by atoms with van der Waals surface area (Å²) in [6, 6.07) is 1.95. The summed E-state index contributed by atoms with van der Waals surface area (Å²) >= 11 is 1.30. The van der Waals surface area contributed by atoms with Gasteiger partial charge in [0, 0.05) is 25.0 Å². The van der Waals surface area contributed by atoms with E-state index < -0.39 is 5.91 Å². The quantitative estimate of drug-likeness (QED) is 0.599. The molecule has 7 nitrogen and oxygen atoms in total. The summed E-state index contributed by atoms with van der Waals surface area (Å²) in [6.45, 7) is 6.38. The summed E-state index contributed by atoms with van der Waals surface area (Å²) in [5, 5.41) is 12.1. The number of hydrogen-bond donors (Lipinski definition) is 2. The Bertz CT molecular complexity index is 704. The van der Waals surface area contributed by atoms with E-state index in [4.69, 9.17) is 0 Å². The Morgan fingerprint density at radius 1 is 1.54 bits per heavy atom. The molecular weight excluding hydrogens is 326 g/mol. The Kier molecular flexibility index (Phi) is 6.04. The molecule has 2 rings (SSSR count). The van der Waals surface area contributed by atoms with Crippen molar-refractivity contribution in [2.45, 2.75) is 38.9 Å². The van der Waals surface area contributed by atoms with Gasteiger partial charge in [-0.2, -0.15) is 5.26 Å². The van der Waals surface area contributed by atoms with Crippen molar-refractivity contribution < 1.29 is 9.59 Å². The molecule has 2 heterocycles. The van der Waals surface area contributed by atoms with E-state index in [2.05, 4.69) is 15.3 Å². The fraction of sp³-hybridized carbons (Fsp3) is 0.500. The third-order valence-corrected chi connectivity index (χ3v) is 5.05. The number of aryl methyl sites for hydroxylation is 2. The number of nitriles is 1. The molecular formula is C16H21N5O2S. The van der Waals surface area contributed by atoms with Crippen molar-refractivity contribution in [3.8, 4) is 6.07 Å². The van der Waals surface area contributed by atoms with Gasteiger partial charge in [-0.25, -0.2) is 4.98 Å². The highest BCUT2D eigenvalue weighted by Crippen LogP contribution is 2.39. The molecule has 128 valence electrons. The van der Waals surface area contributed by atoms with Gasteiger partial charge in [-0.1, -0.05) is 11.8 Å². The van der Waals surface area contributed by atoms with Crippen LogP contribution >= 0.6 is 11.8 Å². The molecule has 2 amide bonds. The molecule has 0 spiro atoms. The first kappa shape index (κ1) is 18.1. The maximum absolute atomic E-state index is 12.6. The summed E-state index contributed by atoms with van der Waals surface area (Å²) in [7, 11) is 0. The minimum atomic E-state index is -0.432. The van der Waals surface area contributed by atoms with Crippen molar-refractivity contribution in [3.63, 3.8) is 0 Å². The second-order valence-corrected chi connectivity index (χ2v) is 6.56. The molecule has 0 saturated carbocycles. The van der Waals surface area contributed by atoms with Gasteiger partial charge < -0.3 is 15.2 Å². The van der Waals surface area contributed by atoms with Gasteiger partial charge in [0.15, 0.2) is 0 Å². The average Bonchev–Trinajstić information content (AvgIpc) is 3.10. The number of imidazole rings is 1. The highest BCUT2D eigenvalue weighted by atomic mass is 32.2. The average molecular weight is 347 g/mol. The second kappa shape index (κ2) is 8.02. The largest absolute Gasteiger partial charge is 0.352 e. The van der Waals surface area contributed by atoms with Gasteiger partial charge in [-0.15, -0.1) is 0 Å². The maximum atomic E-state index is 12.6.